The molecule has 7 nitrogen and oxygen atoms in total. The van der Waals surface area contributed by atoms with Crippen molar-refractivity contribution in [2.75, 3.05) is 26.2 Å². The molecule has 2 heterocycles. The molecule has 3 rings (SSSR count). The number of carboxylic acid groups (broad SMARTS) is 1. The molecule has 0 aliphatic carbocycles. The molecule has 2 fully saturated rings. The summed E-state index contributed by atoms with van der Waals surface area (Å²) in [6.45, 7) is 0.931. The lowest BCUT2D eigenvalue weighted by molar-refractivity contribution is -0.141. The van der Waals surface area contributed by atoms with Crippen LogP contribution in [-0.2, 0) is 19.6 Å². The average Bonchev–Trinajstić information content (AvgIpc) is 3.12. The van der Waals surface area contributed by atoms with Gasteiger partial charge in [-0.05, 0) is 43.5 Å². The molecule has 1 aromatic rings. The second-order valence-electron chi connectivity index (χ2n) is 6.76. The van der Waals surface area contributed by atoms with Crippen LogP contribution in [0.15, 0.2) is 29.2 Å². The van der Waals surface area contributed by atoms with Crippen molar-refractivity contribution in [3.8, 4) is 0 Å². The summed E-state index contributed by atoms with van der Waals surface area (Å²) in [6, 6.07) is 4.62. The molecule has 26 heavy (non-hydrogen) atoms. The van der Waals surface area contributed by atoms with E-state index in [9.17, 15) is 22.4 Å². The summed E-state index contributed by atoms with van der Waals surface area (Å²) in [5.74, 6) is -2.65. The fourth-order valence-corrected chi connectivity index (χ4v) is 5.06. The monoisotopic (exact) mass is 384 g/mol. The molecule has 1 aromatic carbocycles. The molecule has 1 amide bonds. The van der Waals surface area contributed by atoms with Gasteiger partial charge in [-0.2, -0.15) is 4.31 Å². The van der Waals surface area contributed by atoms with Gasteiger partial charge in [0.25, 0.3) is 0 Å². The molecule has 142 valence electrons. The maximum absolute atomic E-state index is 13.0. The Labute approximate surface area is 151 Å². The predicted molar refractivity (Wildman–Crippen MR) is 90.2 cm³/mol. The second-order valence-corrected chi connectivity index (χ2v) is 8.70. The van der Waals surface area contributed by atoms with Crippen molar-refractivity contribution >= 4 is 21.9 Å². The molecule has 1 N–H and O–H groups in total. The SMILES string of the molecule is O=C(O)C1CCN(C(=O)C2CCCN(S(=O)(=O)c3ccc(F)cc3)C2)C1. The van der Waals surface area contributed by atoms with Gasteiger partial charge >= 0.3 is 5.97 Å². The molecule has 0 spiro atoms. The van der Waals surface area contributed by atoms with E-state index < -0.39 is 33.6 Å². The summed E-state index contributed by atoms with van der Waals surface area (Å²) in [6.07, 6.45) is 1.54. The largest absolute Gasteiger partial charge is 0.481 e. The zero-order valence-electron chi connectivity index (χ0n) is 14.2. The van der Waals surface area contributed by atoms with Crippen molar-refractivity contribution in [2.45, 2.75) is 24.2 Å². The Balaban J connectivity index is 1.70. The van der Waals surface area contributed by atoms with Gasteiger partial charge in [0.15, 0.2) is 0 Å². The number of hydrogen-bond acceptors (Lipinski definition) is 4. The van der Waals surface area contributed by atoms with Gasteiger partial charge < -0.3 is 10.0 Å². The van der Waals surface area contributed by atoms with E-state index in [-0.39, 0.29) is 23.9 Å². The van der Waals surface area contributed by atoms with Crippen LogP contribution in [-0.4, -0.2) is 60.8 Å². The van der Waals surface area contributed by atoms with E-state index in [0.717, 1.165) is 12.1 Å². The third-order valence-corrected chi connectivity index (χ3v) is 6.91. The highest BCUT2D eigenvalue weighted by molar-refractivity contribution is 7.89. The average molecular weight is 384 g/mol. The first kappa shape index (κ1) is 18.8. The number of sulfonamides is 1. The van der Waals surface area contributed by atoms with Crippen LogP contribution >= 0.6 is 0 Å². The van der Waals surface area contributed by atoms with E-state index in [1.54, 1.807) is 0 Å². The molecule has 0 aromatic heterocycles. The first-order valence-corrected chi connectivity index (χ1v) is 10.0. The van der Waals surface area contributed by atoms with Gasteiger partial charge in [-0.15, -0.1) is 0 Å². The summed E-state index contributed by atoms with van der Waals surface area (Å²) < 4.78 is 39.8. The molecule has 2 saturated heterocycles. The second kappa shape index (κ2) is 7.32. The van der Waals surface area contributed by atoms with Crippen LogP contribution in [0.4, 0.5) is 4.39 Å². The predicted octanol–water partition coefficient (Wildman–Crippen LogP) is 1.16. The smallest absolute Gasteiger partial charge is 0.308 e. The summed E-state index contributed by atoms with van der Waals surface area (Å²) in [5.41, 5.74) is 0. The van der Waals surface area contributed by atoms with Crippen LogP contribution in [0.5, 0.6) is 0 Å². The van der Waals surface area contributed by atoms with Gasteiger partial charge in [0.2, 0.25) is 15.9 Å². The maximum Gasteiger partial charge on any atom is 0.308 e. The highest BCUT2D eigenvalue weighted by Crippen LogP contribution is 2.27. The summed E-state index contributed by atoms with van der Waals surface area (Å²) in [7, 11) is -3.79. The standard InChI is InChI=1S/C17H21FN2O5S/c18-14-3-5-15(6-4-14)26(24,25)20-8-1-2-12(11-20)16(21)19-9-7-13(10-19)17(22)23/h3-6,12-13H,1-2,7-11H2,(H,22,23). The third-order valence-electron chi connectivity index (χ3n) is 5.03. The Bertz CT molecular complexity index is 796. The molecule has 2 unspecified atom stereocenters. The van der Waals surface area contributed by atoms with E-state index in [0.29, 0.717) is 32.4 Å². The number of carboxylic acids is 1. The molecule has 2 aliphatic rings. The minimum absolute atomic E-state index is 0.000822. The van der Waals surface area contributed by atoms with Crippen molar-refractivity contribution in [3.05, 3.63) is 30.1 Å². The van der Waals surface area contributed by atoms with E-state index in [4.69, 9.17) is 5.11 Å². The fraction of sp³-hybridized carbons (Fsp3) is 0.529. The van der Waals surface area contributed by atoms with Crippen LogP contribution in [0.1, 0.15) is 19.3 Å². The first-order chi connectivity index (χ1) is 12.3. The zero-order chi connectivity index (χ0) is 18.9. The van der Waals surface area contributed by atoms with Crippen molar-refractivity contribution in [2.24, 2.45) is 11.8 Å². The molecule has 0 saturated carbocycles. The minimum atomic E-state index is -3.79. The van der Waals surface area contributed by atoms with Crippen molar-refractivity contribution in [1.82, 2.24) is 9.21 Å². The van der Waals surface area contributed by atoms with Crippen LogP contribution < -0.4 is 0 Å². The number of nitrogens with zero attached hydrogens (tertiary/aromatic N) is 2. The third kappa shape index (κ3) is 3.73. The fourth-order valence-electron chi connectivity index (χ4n) is 3.54. The molecule has 0 bridgehead atoms. The van der Waals surface area contributed by atoms with Crippen LogP contribution in [0.2, 0.25) is 0 Å². The summed E-state index contributed by atoms with van der Waals surface area (Å²) in [4.78, 5) is 25.3. The van der Waals surface area contributed by atoms with Gasteiger partial charge in [0.1, 0.15) is 5.82 Å². The number of piperidine rings is 1. The number of likely N-dealkylation sites (tertiary alicyclic amines) is 1. The topological polar surface area (TPSA) is 95.0 Å². The number of hydrogen-bond donors (Lipinski definition) is 1. The normalized spacial score (nSPS) is 24.6. The number of rotatable bonds is 4. The van der Waals surface area contributed by atoms with Gasteiger partial charge in [0, 0.05) is 26.2 Å². The van der Waals surface area contributed by atoms with Crippen molar-refractivity contribution in [1.29, 1.82) is 0 Å². The van der Waals surface area contributed by atoms with E-state index in [1.807, 2.05) is 0 Å². The quantitative estimate of drug-likeness (QED) is 0.841. The van der Waals surface area contributed by atoms with E-state index >= 15 is 0 Å². The number of halogens is 1. The number of aliphatic carboxylic acids is 1. The molecule has 0 radical (unpaired) electrons. The minimum Gasteiger partial charge on any atom is -0.481 e. The Morgan fingerprint density at radius 2 is 1.73 bits per heavy atom. The van der Waals surface area contributed by atoms with Crippen LogP contribution in [0.25, 0.3) is 0 Å². The molecular weight excluding hydrogens is 363 g/mol. The van der Waals surface area contributed by atoms with Crippen LogP contribution in [0.3, 0.4) is 0 Å². The number of carbonyl (C=O) groups excluding carboxylic acids is 1. The lowest BCUT2D eigenvalue weighted by atomic mass is 9.98. The molecular formula is C17H21FN2O5S. The number of carbonyl (C=O) groups is 2. The Morgan fingerprint density at radius 3 is 2.35 bits per heavy atom. The number of amides is 1. The Hall–Kier alpha value is -2.00. The Morgan fingerprint density at radius 1 is 1.04 bits per heavy atom. The van der Waals surface area contributed by atoms with E-state index in [2.05, 4.69) is 0 Å². The van der Waals surface area contributed by atoms with Crippen molar-refractivity contribution in [3.63, 3.8) is 0 Å². The highest BCUT2D eigenvalue weighted by Gasteiger charge is 2.38. The zero-order valence-corrected chi connectivity index (χ0v) is 15.0. The van der Waals surface area contributed by atoms with Crippen molar-refractivity contribution < 1.29 is 27.5 Å². The van der Waals surface area contributed by atoms with E-state index in [1.165, 1.54) is 21.3 Å². The highest BCUT2D eigenvalue weighted by atomic mass is 32.2. The molecule has 9 heteroatoms. The van der Waals surface area contributed by atoms with Gasteiger partial charge in [0.05, 0.1) is 16.7 Å². The van der Waals surface area contributed by atoms with Gasteiger partial charge in [-0.25, -0.2) is 12.8 Å². The summed E-state index contributed by atoms with van der Waals surface area (Å²) >= 11 is 0. The Kier molecular flexibility index (Phi) is 5.29. The van der Waals surface area contributed by atoms with Crippen LogP contribution in [0, 0.1) is 17.7 Å². The van der Waals surface area contributed by atoms with Gasteiger partial charge in [-0.1, -0.05) is 0 Å². The maximum atomic E-state index is 13.0. The first-order valence-electron chi connectivity index (χ1n) is 8.56. The lowest BCUT2D eigenvalue weighted by Crippen LogP contribution is -2.46. The molecule has 2 aliphatic heterocycles. The summed E-state index contributed by atoms with van der Waals surface area (Å²) in [5, 5.41) is 9.07. The van der Waals surface area contributed by atoms with Gasteiger partial charge in [-0.3, -0.25) is 9.59 Å². The lowest BCUT2D eigenvalue weighted by Gasteiger charge is -2.33. The molecule has 2 atom stereocenters. The number of benzene rings is 1.